The minimum atomic E-state index is -2.85. The fourth-order valence-electron chi connectivity index (χ4n) is 3.98. The van der Waals surface area contributed by atoms with Gasteiger partial charge in [0.1, 0.15) is 25.0 Å². The van der Waals surface area contributed by atoms with Crippen molar-refractivity contribution in [1.82, 2.24) is 4.90 Å². The van der Waals surface area contributed by atoms with Crippen molar-refractivity contribution in [1.29, 1.82) is 0 Å². The molecule has 0 saturated carbocycles. The van der Waals surface area contributed by atoms with E-state index in [0.29, 0.717) is 43.6 Å². The molecule has 8 heteroatoms. The Morgan fingerprint density at radius 3 is 2.59 bits per heavy atom. The van der Waals surface area contributed by atoms with E-state index in [1.807, 2.05) is 23.1 Å². The van der Waals surface area contributed by atoms with Crippen molar-refractivity contribution in [2.24, 2.45) is 0 Å². The van der Waals surface area contributed by atoms with Gasteiger partial charge >= 0.3 is 0 Å². The van der Waals surface area contributed by atoms with Crippen LogP contribution < -0.4 is 14.4 Å². The number of carbonyl (C=O) groups excluding carboxylic acids is 1. The van der Waals surface area contributed by atoms with Crippen molar-refractivity contribution in [3.8, 4) is 11.5 Å². The number of carbonyl (C=O) groups is 1. The lowest BCUT2D eigenvalue weighted by Crippen LogP contribution is -3.18. The maximum atomic E-state index is 12.5. The zero-order valence-corrected chi connectivity index (χ0v) is 16.0. The molecular formula is C19H25N2O5S+. The first-order chi connectivity index (χ1) is 13.0. The first-order valence-electron chi connectivity index (χ1n) is 9.42. The fourth-order valence-corrected chi connectivity index (χ4v) is 5.80. The molecule has 0 unspecified atom stereocenters. The van der Waals surface area contributed by atoms with Gasteiger partial charge in [-0.25, -0.2) is 8.42 Å². The van der Waals surface area contributed by atoms with Crippen LogP contribution in [0.15, 0.2) is 24.3 Å². The summed E-state index contributed by atoms with van der Waals surface area (Å²) in [5, 5.41) is 0. The van der Waals surface area contributed by atoms with Gasteiger partial charge in [-0.3, -0.25) is 4.79 Å². The Bertz CT molecular complexity index is 844. The Kier molecular flexibility index (Phi) is 5.10. The van der Waals surface area contributed by atoms with Crippen LogP contribution in [0.5, 0.6) is 11.5 Å². The number of benzene rings is 1. The quantitative estimate of drug-likeness (QED) is 0.693. The van der Waals surface area contributed by atoms with Crippen LogP contribution in [-0.2, 0) is 14.6 Å². The predicted molar refractivity (Wildman–Crippen MR) is 101 cm³/mol. The van der Waals surface area contributed by atoms with Crippen LogP contribution in [0.1, 0.15) is 12.0 Å². The van der Waals surface area contributed by atoms with Crippen LogP contribution in [0.3, 0.4) is 0 Å². The van der Waals surface area contributed by atoms with Gasteiger partial charge < -0.3 is 19.3 Å². The molecule has 0 radical (unpaired) electrons. The average Bonchev–Trinajstić information content (AvgIpc) is 3.06. The van der Waals surface area contributed by atoms with Crippen molar-refractivity contribution in [2.45, 2.75) is 12.5 Å². The van der Waals surface area contributed by atoms with Crippen molar-refractivity contribution in [3.05, 3.63) is 29.8 Å². The molecule has 1 aromatic carbocycles. The monoisotopic (exact) mass is 393 g/mol. The Morgan fingerprint density at radius 1 is 1.15 bits per heavy atom. The Labute approximate surface area is 159 Å². The van der Waals surface area contributed by atoms with E-state index >= 15 is 0 Å². The summed E-state index contributed by atoms with van der Waals surface area (Å²) in [5.74, 6) is 2.03. The highest BCUT2D eigenvalue weighted by molar-refractivity contribution is 7.91. The Balaban J connectivity index is 1.31. The number of piperazine rings is 1. The highest BCUT2D eigenvalue weighted by Crippen LogP contribution is 2.31. The highest BCUT2D eigenvalue weighted by atomic mass is 32.2. The van der Waals surface area contributed by atoms with Gasteiger partial charge in [0, 0.05) is 12.5 Å². The van der Waals surface area contributed by atoms with Crippen LogP contribution >= 0.6 is 0 Å². The number of hydrogen-bond acceptors (Lipinski definition) is 5. The van der Waals surface area contributed by atoms with Crippen LogP contribution in [0, 0.1) is 0 Å². The minimum Gasteiger partial charge on any atom is -0.486 e. The molecule has 0 bridgehead atoms. The number of nitrogens with one attached hydrogen (secondary N) is 1. The number of fused-ring (bicyclic) bond motifs is 1. The van der Waals surface area contributed by atoms with Gasteiger partial charge in [0.2, 0.25) is 5.91 Å². The maximum absolute atomic E-state index is 12.5. The van der Waals surface area contributed by atoms with E-state index in [9.17, 15) is 13.2 Å². The summed E-state index contributed by atoms with van der Waals surface area (Å²) in [6.45, 7) is 4.04. The van der Waals surface area contributed by atoms with Gasteiger partial charge in [-0.2, -0.15) is 0 Å². The molecule has 7 nitrogen and oxygen atoms in total. The van der Waals surface area contributed by atoms with Gasteiger partial charge in [0.15, 0.2) is 21.3 Å². The fraction of sp³-hybridized carbons (Fsp3) is 0.526. The lowest BCUT2D eigenvalue weighted by molar-refractivity contribution is -0.925. The number of sulfone groups is 1. The summed E-state index contributed by atoms with van der Waals surface area (Å²) in [5.41, 5.74) is 0.896. The third kappa shape index (κ3) is 4.27. The third-order valence-electron chi connectivity index (χ3n) is 5.51. The Morgan fingerprint density at radius 2 is 1.89 bits per heavy atom. The van der Waals surface area contributed by atoms with Gasteiger partial charge in [-0.1, -0.05) is 6.07 Å². The third-order valence-corrected chi connectivity index (χ3v) is 7.28. The summed E-state index contributed by atoms with van der Waals surface area (Å²) in [7, 11) is -2.85. The van der Waals surface area contributed by atoms with E-state index in [1.54, 1.807) is 12.2 Å². The van der Waals surface area contributed by atoms with E-state index in [1.165, 1.54) is 4.90 Å². The molecule has 3 heterocycles. The van der Waals surface area contributed by atoms with Crippen molar-refractivity contribution in [3.63, 3.8) is 0 Å². The molecule has 2 fully saturated rings. The van der Waals surface area contributed by atoms with E-state index < -0.39 is 9.84 Å². The molecule has 1 amide bonds. The molecule has 0 aromatic heterocycles. The summed E-state index contributed by atoms with van der Waals surface area (Å²) >= 11 is 0. The van der Waals surface area contributed by atoms with E-state index in [4.69, 9.17) is 9.47 Å². The molecule has 0 spiro atoms. The van der Waals surface area contributed by atoms with E-state index in [0.717, 1.165) is 30.8 Å². The van der Waals surface area contributed by atoms with Crippen LogP contribution in [0.25, 0.3) is 6.08 Å². The van der Waals surface area contributed by atoms with Crippen molar-refractivity contribution >= 4 is 21.8 Å². The molecule has 146 valence electrons. The lowest BCUT2D eigenvalue weighted by Gasteiger charge is -2.34. The van der Waals surface area contributed by atoms with Crippen LogP contribution in [0.4, 0.5) is 0 Å². The SMILES string of the molecule is O=C(/C=C/c1ccc2c(c1)OCCO2)N1CC[NH+]([C@H]2CCS(=O)(=O)C2)CC1. The second-order valence-electron chi connectivity index (χ2n) is 7.32. The van der Waals surface area contributed by atoms with Gasteiger partial charge in [-0.05, 0) is 23.8 Å². The second-order valence-corrected chi connectivity index (χ2v) is 9.55. The molecule has 3 aliphatic heterocycles. The number of nitrogens with zero attached hydrogens (tertiary/aromatic N) is 1. The van der Waals surface area contributed by atoms with Gasteiger partial charge in [-0.15, -0.1) is 0 Å². The van der Waals surface area contributed by atoms with Crippen molar-refractivity contribution in [2.75, 3.05) is 50.9 Å². The highest BCUT2D eigenvalue weighted by Gasteiger charge is 2.37. The first-order valence-corrected chi connectivity index (χ1v) is 11.2. The summed E-state index contributed by atoms with van der Waals surface area (Å²) in [6.07, 6.45) is 4.13. The van der Waals surface area contributed by atoms with Crippen molar-refractivity contribution < 1.29 is 27.6 Å². The summed E-state index contributed by atoms with van der Waals surface area (Å²) in [6, 6.07) is 5.83. The average molecular weight is 393 g/mol. The van der Waals surface area contributed by atoms with Gasteiger partial charge in [0.25, 0.3) is 0 Å². The smallest absolute Gasteiger partial charge is 0.246 e. The largest absolute Gasteiger partial charge is 0.486 e. The zero-order valence-electron chi connectivity index (χ0n) is 15.2. The molecule has 4 rings (SSSR count). The summed E-state index contributed by atoms with van der Waals surface area (Å²) < 4.78 is 34.4. The maximum Gasteiger partial charge on any atom is 0.246 e. The van der Waals surface area contributed by atoms with E-state index in [2.05, 4.69) is 0 Å². The number of rotatable bonds is 3. The van der Waals surface area contributed by atoms with Gasteiger partial charge in [0.05, 0.1) is 31.9 Å². The molecule has 2 saturated heterocycles. The molecule has 1 N–H and O–H groups in total. The number of ether oxygens (including phenoxy) is 2. The number of quaternary nitrogens is 1. The van der Waals surface area contributed by atoms with E-state index in [-0.39, 0.29) is 11.9 Å². The standard InChI is InChI=1S/C19H24N2O5S/c22-19(4-2-15-1-3-17-18(13-15)26-11-10-25-17)21-8-6-20(7-9-21)16-5-12-27(23,24)14-16/h1-4,13,16H,5-12,14H2/p+1/b4-2+/t16-/m0/s1. The normalized spacial score (nSPS) is 25.0. The molecule has 27 heavy (non-hydrogen) atoms. The topological polar surface area (TPSA) is 77.3 Å². The second kappa shape index (κ2) is 7.52. The van der Waals surface area contributed by atoms with Crippen LogP contribution in [0.2, 0.25) is 0 Å². The molecule has 3 aliphatic rings. The molecule has 0 aliphatic carbocycles. The zero-order chi connectivity index (χ0) is 18.9. The lowest BCUT2D eigenvalue weighted by atomic mass is 10.1. The molecule has 1 aromatic rings. The number of amides is 1. The molecule has 1 atom stereocenters. The Hall–Kier alpha value is -2.06. The predicted octanol–water partition coefficient (Wildman–Crippen LogP) is -0.615. The molecular weight excluding hydrogens is 368 g/mol. The van der Waals surface area contributed by atoms with Crippen LogP contribution in [-0.4, -0.2) is 76.2 Å². The number of hydrogen-bond donors (Lipinski definition) is 1. The minimum absolute atomic E-state index is 0.0111. The summed E-state index contributed by atoms with van der Waals surface area (Å²) in [4.78, 5) is 15.6. The first kappa shape index (κ1) is 18.3.